The van der Waals surface area contributed by atoms with Crippen molar-refractivity contribution in [1.29, 1.82) is 0 Å². The Balaban J connectivity index is 1.99. The van der Waals surface area contributed by atoms with E-state index in [-0.39, 0.29) is 23.4 Å². The first-order chi connectivity index (χ1) is 8.16. The minimum Gasteiger partial charge on any atom is -0.505 e. The van der Waals surface area contributed by atoms with Crippen molar-refractivity contribution in [2.75, 3.05) is 0 Å². The first-order valence-corrected chi connectivity index (χ1v) is 6.11. The van der Waals surface area contributed by atoms with Crippen molar-refractivity contribution in [1.82, 2.24) is 10.3 Å². The summed E-state index contributed by atoms with van der Waals surface area (Å²) in [5.74, 6) is 0.322. The number of aromatic hydroxyl groups is 1. The highest BCUT2D eigenvalue weighted by Crippen LogP contribution is 2.24. The molecule has 1 amide bonds. The van der Waals surface area contributed by atoms with Gasteiger partial charge in [0, 0.05) is 12.2 Å². The summed E-state index contributed by atoms with van der Waals surface area (Å²) >= 11 is 0. The van der Waals surface area contributed by atoms with Crippen molar-refractivity contribution in [2.45, 2.75) is 38.6 Å². The zero-order valence-electron chi connectivity index (χ0n) is 10.0. The highest BCUT2D eigenvalue weighted by Gasteiger charge is 2.22. The maximum absolute atomic E-state index is 11.9. The van der Waals surface area contributed by atoms with Crippen molar-refractivity contribution >= 4 is 5.91 Å². The summed E-state index contributed by atoms with van der Waals surface area (Å²) in [7, 11) is 0. The Labute approximate surface area is 101 Å². The maximum Gasteiger partial charge on any atom is 0.273 e. The van der Waals surface area contributed by atoms with Crippen LogP contribution in [0.4, 0.5) is 0 Å². The summed E-state index contributed by atoms with van der Waals surface area (Å²) in [6, 6.07) is 3.30. The fourth-order valence-corrected chi connectivity index (χ4v) is 2.39. The Kier molecular flexibility index (Phi) is 3.61. The maximum atomic E-state index is 11.9. The lowest BCUT2D eigenvalue weighted by atomic mass is 9.87. The van der Waals surface area contributed by atoms with E-state index in [1.165, 1.54) is 18.7 Å². The Morgan fingerprint density at radius 1 is 1.53 bits per heavy atom. The molecule has 2 atom stereocenters. The normalized spacial score (nSPS) is 24.3. The van der Waals surface area contributed by atoms with E-state index < -0.39 is 0 Å². The van der Waals surface area contributed by atoms with Gasteiger partial charge in [-0.1, -0.05) is 19.8 Å². The van der Waals surface area contributed by atoms with Gasteiger partial charge in [0.2, 0.25) is 0 Å². The third-order valence-corrected chi connectivity index (χ3v) is 3.27. The predicted octanol–water partition coefficient (Wildman–Crippen LogP) is 2.10. The van der Waals surface area contributed by atoms with E-state index in [2.05, 4.69) is 17.2 Å². The van der Waals surface area contributed by atoms with E-state index in [0.29, 0.717) is 5.92 Å². The lowest BCUT2D eigenvalue weighted by molar-refractivity contribution is 0.0913. The molecule has 1 aromatic rings. The molecule has 0 bridgehead atoms. The largest absolute Gasteiger partial charge is 0.505 e. The number of nitrogens with one attached hydrogen (secondary N) is 1. The smallest absolute Gasteiger partial charge is 0.273 e. The molecule has 1 aliphatic carbocycles. The van der Waals surface area contributed by atoms with E-state index in [1.54, 1.807) is 6.07 Å². The summed E-state index contributed by atoms with van der Waals surface area (Å²) in [4.78, 5) is 15.8. The molecule has 0 radical (unpaired) electrons. The lowest BCUT2D eigenvalue weighted by Gasteiger charge is -2.27. The first kappa shape index (κ1) is 11.9. The van der Waals surface area contributed by atoms with Crippen LogP contribution in [-0.2, 0) is 0 Å². The van der Waals surface area contributed by atoms with E-state index in [4.69, 9.17) is 0 Å². The van der Waals surface area contributed by atoms with Crippen molar-refractivity contribution in [3.63, 3.8) is 0 Å². The Hall–Kier alpha value is -1.58. The Morgan fingerprint density at radius 3 is 3.06 bits per heavy atom. The monoisotopic (exact) mass is 234 g/mol. The number of amides is 1. The molecule has 0 aliphatic heterocycles. The molecule has 1 fully saturated rings. The number of hydrogen-bond acceptors (Lipinski definition) is 3. The zero-order valence-corrected chi connectivity index (χ0v) is 10.0. The van der Waals surface area contributed by atoms with Crippen LogP contribution in [0.15, 0.2) is 18.3 Å². The molecule has 17 heavy (non-hydrogen) atoms. The highest BCUT2D eigenvalue weighted by molar-refractivity contribution is 5.94. The molecule has 0 saturated heterocycles. The molecule has 4 heteroatoms. The SMILES string of the molecule is CC1CCCC(NC(=O)c2ncccc2O)C1. The molecule has 1 heterocycles. The van der Waals surface area contributed by atoms with Crippen LogP contribution in [0, 0.1) is 5.92 Å². The minimum atomic E-state index is -0.276. The van der Waals surface area contributed by atoms with Crippen LogP contribution in [0.25, 0.3) is 0 Å². The fourth-order valence-electron chi connectivity index (χ4n) is 2.39. The van der Waals surface area contributed by atoms with Crippen LogP contribution in [0.5, 0.6) is 5.75 Å². The molecule has 1 aliphatic rings. The van der Waals surface area contributed by atoms with Gasteiger partial charge in [-0.3, -0.25) is 4.79 Å². The lowest BCUT2D eigenvalue weighted by Crippen LogP contribution is -2.38. The van der Waals surface area contributed by atoms with Gasteiger partial charge in [-0.05, 0) is 30.9 Å². The Bertz CT molecular complexity index is 406. The number of aromatic nitrogens is 1. The van der Waals surface area contributed by atoms with Gasteiger partial charge in [-0.25, -0.2) is 4.98 Å². The number of carbonyl (C=O) groups excluding carboxylic acids is 1. The van der Waals surface area contributed by atoms with E-state index in [0.717, 1.165) is 19.3 Å². The molecule has 1 saturated carbocycles. The van der Waals surface area contributed by atoms with Crippen LogP contribution in [-0.4, -0.2) is 22.0 Å². The van der Waals surface area contributed by atoms with Gasteiger partial charge in [0.05, 0.1) is 0 Å². The van der Waals surface area contributed by atoms with Gasteiger partial charge in [-0.15, -0.1) is 0 Å². The highest BCUT2D eigenvalue weighted by atomic mass is 16.3. The average Bonchev–Trinajstić information content (AvgIpc) is 2.29. The number of nitrogens with zero attached hydrogens (tertiary/aromatic N) is 1. The topological polar surface area (TPSA) is 62.2 Å². The molecule has 0 spiro atoms. The quantitative estimate of drug-likeness (QED) is 0.823. The van der Waals surface area contributed by atoms with Gasteiger partial charge in [0.25, 0.3) is 5.91 Å². The van der Waals surface area contributed by atoms with Crippen LogP contribution < -0.4 is 5.32 Å². The number of rotatable bonds is 2. The molecular formula is C13H18N2O2. The number of pyridine rings is 1. The Morgan fingerprint density at radius 2 is 2.35 bits per heavy atom. The molecule has 92 valence electrons. The van der Waals surface area contributed by atoms with E-state index in [9.17, 15) is 9.90 Å². The second kappa shape index (κ2) is 5.17. The first-order valence-electron chi connectivity index (χ1n) is 6.11. The zero-order chi connectivity index (χ0) is 12.3. The van der Waals surface area contributed by atoms with Gasteiger partial charge >= 0.3 is 0 Å². The summed E-state index contributed by atoms with van der Waals surface area (Å²) in [6.07, 6.45) is 5.93. The van der Waals surface area contributed by atoms with Crippen LogP contribution in [0.3, 0.4) is 0 Å². The molecule has 2 rings (SSSR count). The molecule has 1 aromatic heterocycles. The summed E-state index contributed by atoms with van der Waals surface area (Å²) in [5.41, 5.74) is 0.116. The summed E-state index contributed by atoms with van der Waals surface area (Å²) in [6.45, 7) is 2.20. The van der Waals surface area contributed by atoms with Gasteiger partial charge < -0.3 is 10.4 Å². The molecular weight excluding hydrogens is 216 g/mol. The average molecular weight is 234 g/mol. The predicted molar refractivity (Wildman–Crippen MR) is 64.8 cm³/mol. The summed E-state index contributed by atoms with van der Waals surface area (Å²) in [5, 5.41) is 12.5. The number of carbonyl (C=O) groups is 1. The van der Waals surface area contributed by atoms with Crippen molar-refractivity contribution in [3.8, 4) is 5.75 Å². The summed E-state index contributed by atoms with van der Waals surface area (Å²) < 4.78 is 0. The third kappa shape index (κ3) is 2.96. The molecule has 2 unspecified atom stereocenters. The van der Waals surface area contributed by atoms with Crippen LogP contribution in [0.2, 0.25) is 0 Å². The molecule has 4 nitrogen and oxygen atoms in total. The van der Waals surface area contributed by atoms with Crippen molar-refractivity contribution in [2.24, 2.45) is 5.92 Å². The minimum absolute atomic E-state index is 0.0612. The van der Waals surface area contributed by atoms with Crippen LogP contribution in [0.1, 0.15) is 43.1 Å². The number of hydrogen-bond donors (Lipinski definition) is 2. The van der Waals surface area contributed by atoms with Gasteiger partial charge in [0.1, 0.15) is 5.75 Å². The third-order valence-electron chi connectivity index (χ3n) is 3.27. The fraction of sp³-hybridized carbons (Fsp3) is 0.538. The molecule has 0 aromatic carbocycles. The van der Waals surface area contributed by atoms with Gasteiger partial charge in [-0.2, -0.15) is 0 Å². The van der Waals surface area contributed by atoms with E-state index in [1.807, 2.05) is 0 Å². The van der Waals surface area contributed by atoms with Crippen molar-refractivity contribution in [3.05, 3.63) is 24.0 Å². The van der Waals surface area contributed by atoms with Crippen LogP contribution >= 0.6 is 0 Å². The van der Waals surface area contributed by atoms with Crippen molar-refractivity contribution < 1.29 is 9.90 Å². The van der Waals surface area contributed by atoms with E-state index >= 15 is 0 Å². The molecule has 2 N–H and O–H groups in total. The van der Waals surface area contributed by atoms with Gasteiger partial charge in [0.15, 0.2) is 5.69 Å². The second-order valence-electron chi connectivity index (χ2n) is 4.81. The standard InChI is InChI=1S/C13H18N2O2/c1-9-4-2-5-10(8-9)15-13(17)12-11(16)6-3-7-14-12/h3,6-7,9-10,16H,2,4-5,8H2,1H3,(H,15,17). The second-order valence-corrected chi connectivity index (χ2v) is 4.81.